The molecule has 1 heterocycles. The van der Waals surface area contributed by atoms with Crippen LogP contribution in [-0.2, 0) is 16.0 Å². The van der Waals surface area contributed by atoms with Crippen LogP contribution in [0.3, 0.4) is 0 Å². The number of methoxy groups -OCH3 is 2. The number of fused-ring (bicyclic) bond motifs is 1. The van der Waals surface area contributed by atoms with Crippen molar-refractivity contribution < 1.29 is 19.1 Å². The van der Waals surface area contributed by atoms with Crippen LogP contribution in [0.2, 0.25) is 0 Å². The van der Waals surface area contributed by atoms with Gasteiger partial charge in [-0.05, 0) is 30.2 Å². The summed E-state index contributed by atoms with van der Waals surface area (Å²) >= 11 is 1.76. The summed E-state index contributed by atoms with van der Waals surface area (Å²) in [4.78, 5) is 27.7. The Hall–Kier alpha value is -2.67. The van der Waals surface area contributed by atoms with E-state index in [1.165, 1.54) is 0 Å². The molecular formula is C22H26N2O4S. The van der Waals surface area contributed by atoms with E-state index >= 15 is 0 Å². The lowest BCUT2D eigenvalue weighted by molar-refractivity contribution is -0.125. The molecule has 154 valence electrons. The summed E-state index contributed by atoms with van der Waals surface area (Å²) in [7, 11) is 3.22. The van der Waals surface area contributed by atoms with Crippen molar-refractivity contribution >= 4 is 29.3 Å². The topological polar surface area (TPSA) is 67.9 Å². The highest BCUT2D eigenvalue weighted by molar-refractivity contribution is 7.99. The SMILES string of the molecule is COc1ccc(CCNC(=O)CCC(=O)N2CCSc3ccccc32)c(OC)c1. The third kappa shape index (κ3) is 5.44. The first kappa shape index (κ1) is 21.0. The maximum Gasteiger partial charge on any atom is 0.227 e. The molecule has 1 aliphatic rings. The number of benzene rings is 2. The van der Waals surface area contributed by atoms with Crippen molar-refractivity contribution in [2.75, 3.05) is 38.0 Å². The number of nitrogens with one attached hydrogen (secondary N) is 1. The van der Waals surface area contributed by atoms with E-state index in [-0.39, 0.29) is 24.7 Å². The predicted octanol–water partition coefficient (Wildman–Crippen LogP) is 3.28. The maximum atomic E-state index is 12.6. The number of amides is 2. The summed E-state index contributed by atoms with van der Waals surface area (Å²) < 4.78 is 10.6. The minimum Gasteiger partial charge on any atom is -0.497 e. The van der Waals surface area contributed by atoms with Gasteiger partial charge in [0.15, 0.2) is 0 Å². The fraction of sp³-hybridized carbons (Fsp3) is 0.364. The van der Waals surface area contributed by atoms with Crippen LogP contribution in [-0.4, -0.2) is 44.9 Å². The first-order valence-electron chi connectivity index (χ1n) is 9.62. The number of nitrogens with zero attached hydrogens (tertiary/aromatic N) is 1. The fourth-order valence-corrected chi connectivity index (χ4v) is 4.26. The molecule has 0 fully saturated rings. The number of thioether (sulfide) groups is 1. The molecule has 2 amide bonds. The summed E-state index contributed by atoms with van der Waals surface area (Å²) in [6, 6.07) is 13.5. The molecular weight excluding hydrogens is 388 g/mol. The Kier molecular flexibility index (Phi) is 7.41. The quantitative estimate of drug-likeness (QED) is 0.718. The Balaban J connectivity index is 1.46. The zero-order valence-electron chi connectivity index (χ0n) is 16.8. The Morgan fingerprint density at radius 3 is 2.72 bits per heavy atom. The highest BCUT2D eigenvalue weighted by Gasteiger charge is 2.22. The largest absolute Gasteiger partial charge is 0.497 e. The Morgan fingerprint density at radius 2 is 1.93 bits per heavy atom. The average molecular weight is 415 g/mol. The smallest absolute Gasteiger partial charge is 0.227 e. The summed E-state index contributed by atoms with van der Waals surface area (Å²) in [5, 5.41) is 2.89. The van der Waals surface area contributed by atoms with Crippen LogP contribution >= 0.6 is 11.8 Å². The minimum atomic E-state index is -0.120. The number of carbonyl (C=O) groups is 2. The molecule has 2 aromatic rings. The van der Waals surface area contributed by atoms with E-state index in [1.807, 2.05) is 42.5 Å². The molecule has 29 heavy (non-hydrogen) atoms. The van der Waals surface area contributed by atoms with Gasteiger partial charge in [-0.15, -0.1) is 11.8 Å². The van der Waals surface area contributed by atoms with Gasteiger partial charge in [0.25, 0.3) is 0 Å². The van der Waals surface area contributed by atoms with E-state index in [4.69, 9.17) is 9.47 Å². The van der Waals surface area contributed by atoms with Crippen molar-refractivity contribution in [1.29, 1.82) is 0 Å². The van der Waals surface area contributed by atoms with Crippen molar-refractivity contribution in [3.05, 3.63) is 48.0 Å². The number of anilines is 1. The first-order valence-corrected chi connectivity index (χ1v) is 10.6. The Morgan fingerprint density at radius 1 is 1.10 bits per heavy atom. The standard InChI is InChI=1S/C22H26N2O4S/c1-27-17-8-7-16(19(15-17)28-2)11-12-23-21(25)9-10-22(26)24-13-14-29-20-6-4-3-5-18(20)24/h3-8,15H,9-14H2,1-2H3,(H,23,25). The van der Waals surface area contributed by atoms with E-state index < -0.39 is 0 Å². The fourth-order valence-electron chi connectivity index (χ4n) is 3.27. The second-order valence-electron chi connectivity index (χ2n) is 6.64. The number of hydrogen-bond acceptors (Lipinski definition) is 5. The van der Waals surface area contributed by atoms with E-state index in [0.29, 0.717) is 19.5 Å². The molecule has 1 N–H and O–H groups in total. The van der Waals surface area contributed by atoms with Gasteiger partial charge in [0.2, 0.25) is 11.8 Å². The molecule has 3 rings (SSSR count). The normalized spacial score (nSPS) is 12.8. The Labute approximate surface area is 175 Å². The van der Waals surface area contributed by atoms with Crippen molar-refractivity contribution in [2.45, 2.75) is 24.2 Å². The molecule has 0 aliphatic carbocycles. The third-order valence-electron chi connectivity index (χ3n) is 4.81. The van der Waals surface area contributed by atoms with Crippen molar-refractivity contribution in [1.82, 2.24) is 5.32 Å². The van der Waals surface area contributed by atoms with Gasteiger partial charge in [0, 0.05) is 42.6 Å². The van der Waals surface area contributed by atoms with Crippen LogP contribution in [0.1, 0.15) is 18.4 Å². The van der Waals surface area contributed by atoms with Gasteiger partial charge in [0.1, 0.15) is 11.5 Å². The van der Waals surface area contributed by atoms with E-state index in [0.717, 1.165) is 33.4 Å². The van der Waals surface area contributed by atoms with E-state index in [1.54, 1.807) is 30.9 Å². The van der Waals surface area contributed by atoms with E-state index in [9.17, 15) is 9.59 Å². The molecule has 0 saturated heterocycles. The zero-order chi connectivity index (χ0) is 20.6. The van der Waals surface area contributed by atoms with Crippen molar-refractivity contribution in [3.8, 4) is 11.5 Å². The molecule has 0 bridgehead atoms. The van der Waals surface area contributed by atoms with Gasteiger partial charge < -0.3 is 19.7 Å². The molecule has 2 aromatic carbocycles. The molecule has 0 aromatic heterocycles. The Bertz CT molecular complexity index is 872. The summed E-state index contributed by atoms with van der Waals surface area (Å²) in [5.74, 6) is 2.20. The monoisotopic (exact) mass is 414 g/mol. The summed E-state index contributed by atoms with van der Waals surface area (Å²) in [5.41, 5.74) is 1.94. The number of hydrogen-bond donors (Lipinski definition) is 1. The molecule has 0 saturated carbocycles. The highest BCUT2D eigenvalue weighted by Crippen LogP contribution is 2.34. The lowest BCUT2D eigenvalue weighted by Gasteiger charge is -2.29. The van der Waals surface area contributed by atoms with Gasteiger partial charge >= 0.3 is 0 Å². The molecule has 0 atom stereocenters. The lowest BCUT2D eigenvalue weighted by Crippen LogP contribution is -2.36. The summed E-state index contributed by atoms with van der Waals surface area (Å²) in [6.45, 7) is 1.16. The number of rotatable bonds is 8. The molecule has 7 heteroatoms. The second-order valence-corrected chi connectivity index (χ2v) is 7.78. The first-order chi connectivity index (χ1) is 14.1. The number of ether oxygens (including phenoxy) is 2. The lowest BCUT2D eigenvalue weighted by atomic mass is 10.1. The van der Waals surface area contributed by atoms with Gasteiger partial charge in [0.05, 0.1) is 19.9 Å². The van der Waals surface area contributed by atoms with Crippen LogP contribution in [0.25, 0.3) is 0 Å². The highest BCUT2D eigenvalue weighted by atomic mass is 32.2. The molecule has 0 spiro atoms. The molecule has 6 nitrogen and oxygen atoms in total. The molecule has 0 unspecified atom stereocenters. The van der Waals surface area contributed by atoms with Crippen molar-refractivity contribution in [2.24, 2.45) is 0 Å². The van der Waals surface area contributed by atoms with Crippen LogP contribution in [0.4, 0.5) is 5.69 Å². The third-order valence-corrected chi connectivity index (χ3v) is 5.85. The van der Waals surface area contributed by atoms with Crippen LogP contribution in [0.15, 0.2) is 47.4 Å². The van der Waals surface area contributed by atoms with Gasteiger partial charge in [-0.3, -0.25) is 9.59 Å². The van der Waals surface area contributed by atoms with Gasteiger partial charge in [-0.25, -0.2) is 0 Å². The van der Waals surface area contributed by atoms with Gasteiger partial charge in [-0.2, -0.15) is 0 Å². The average Bonchev–Trinajstić information content (AvgIpc) is 2.77. The van der Waals surface area contributed by atoms with Crippen LogP contribution < -0.4 is 19.7 Å². The van der Waals surface area contributed by atoms with Gasteiger partial charge in [-0.1, -0.05) is 18.2 Å². The molecule has 1 aliphatic heterocycles. The minimum absolute atomic E-state index is 0.00952. The van der Waals surface area contributed by atoms with Crippen molar-refractivity contribution in [3.63, 3.8) is 0 Å². The number of para-hydroxylation sites is 1. The molecule has 0 radical (unpaired) electrons. The van der Waals surface area contributed by atoms with E-state index in [2.05, 4.69) is 5.32 Å². The maximum absolute atomic E-state index is 12.6. The predicted molar refractivity (Wildman–Crippen MR) is 115 cm³/mol. The van der Waals surface area contributed by atoms with Crippen LogP contribution in [0, 0.1) is 0 Å². The number of carbonyl (C=O) groups excluding carboxylic acids is 2. The zero-order valence-corrected chi connectivity index (χ0v) is 17.6. The summed E-state index contributed by atoms with van der Waals surface area (Å²) in [6.07, 6.45) is 1.03. The second kappa shape index (κ2) is 10.2. The van der Waals surface area contributed by atoms with Crippen LogP contribution in [0.5, 0.6) is 11.5 Å².